The first-order chi connectivity index (χ1) is 16.9. The number of carbonyl (C=O) groups is 1. The first-order valence-corrected chi connectivity index (χ1v) is 13.3. The summed E-state index contributed by atoms with van der Waals surface area (Å²) in [5, 5.41) is 21.2. The second-order valence-corrected chi connectivity index (χ2v) is 11.9. The molecule has 0 aromatic heterocycles. The van der Waals surface area contributed by atoms with Crippen LogP contribution in [-0.2, 0) is 14.6 Å². The van der Waals surface area contributed by atoms with Gasteiger partial charge in [-0.2, -0.15) is 0 Å². The van der Waals surface area contributed by atoms with Gasteiger partial charge >= 0.3 is 0 Å². The van der Waals surface area contributed by atoms with Crippen molar-refractivity contribution in [1.82, 2.24) is 0 Å². The van der Waals surface area contributed by atoms with Crippen molar-refractivity contribution in [3.05, 3.63) is 58.4 Å². The summed E-state index contributed by atoms with van der Waals surface area (Å²) < 4.78 is 72.9. The summed E-state index contributed by atoms with van der Waals surface area (Å²) >= 11 is 6.24. The fourth-order valence-corrected chi connectivity index (χ4v) is 8.27. The molecule has 0 saturated heterocycles. The van der Waals surface area contributed by atoms with Crippen LogP contribution in [0.2, 0.25) is 5.02 Å². The van der Waals surface area contributed by atoms with Crippen molar-refractivity contribution in [3.8, 4) is 0 Å². The van der Waals surface area contributed by atoms with Gasteiger partial charge in [-0.3, -0.25) is 4.79 Å². The first kappa shape index (κ1) is 26.9. The average molecular weight is 548 g/mol. The fraction of sp³-hybridized carbons (Fsp3) is 0.458. The van der Waals surface area contributed by atoms with Crippen molar-refractivity contribution >= 4 is 33.0 Å². The minimum Gasteiger partial charge on any atom is -0.394 e. The summed E-state index contributed by atoms with van der Waals surface area (Å²) in [4.78, 5) is 12.4. The Morgan fingerprint density at radius 3 is 2.31 bits per heavy atom. The van der Waals surface area contributed by atoms with Crippen molar-refractivity contribution in [2.24, 2.45) is 11.8 Å². The lowest BCUT2D eigenvalue weighted by atomic mass is 9.77. The van der Waals surface area contributed by atoms with Gasteiger partial charge in [-0.1, -0.05) is 11.6 Å². The molecule has 0 radical (unpaired) electrons. The molecule has 36 heavy (non-hydrogen) atoms. The highest BCUT2D eigenvalue weighted by molar-refractivity contribution is 7.92. The van der Waals surface area contributed by atoms with E-state index in [1.54, 1.807) is 0 Å². The van der Waals surface area contributed by atoms with Gasteiger partial charge in [-0.25, -0.2) is 21.6 Å². The molecular weight excluding hydrogens is 523 g/mol. The van der Waals surface area contributed by atoms with Gasteiger partial charge in [0.05, 0.1) is 40.6 Å². The Morgan fingerprint density at radius 1 is 1.11 bits per heavy atom. The number of aliphatic hydroxyl groups excluding tert-OH is 1. The lowest BCUT2D eigenvalue weighted by Crippen LogP contribution is -2.48. The molecular formula is C24H25ClF3NO6S. The minimum atomic E-state index is -4.03. The third kappa shape index (κ3) is 5.26. The number of halogens is 4. The lowest BCUT2D eigenvalue weighted by molar-refractivity contribution is -0.0864. The highest BCUT2D eigenvalue weighted by Gasteiger charge is 2.54. The van der Waals surface area contributed by atoms with Gasteiger partial charge in [-0.15, -0.1) is 0 Å². The Hall–Kier alpha value is -2.18. The third-order valence-corrected chi connectivity index (χ3v) is 9.71. The van der Waals surface area contributed by atoms with E-state index in [9.17, 15) is 31.5 Å². The van der Waals surface area contributed by atoms with Gasteiger partial charge in [0.1, 0.15) is 0 Å². The van der Waals surface area contributed by atoms with Crippen LogP contribution < -0.4 is 5.32 Å². The van der Waals surface area contributed by atoms with Gasteiger partial charge < -0.3 is 20.3 Å². The first-order valence-electron chi connectivity index (χ1n) is 11.4. The summed E-state index contributed by atoms with van der Waals surface area (Å²) in [6.45, 7) is -0.122. The molecule has 0 heterocycles. The molecule has 1 amide bonds. The summed E-state index contributed by atoms with van der Waals surface area (Å²) in [5.41, 5.74) is -1.66. The van der Waals surface area contributed by atoms with Crippen LogP contribution in [0.1, 0.15) is 36.0 Å². The molecule has 2 aromatic rings. The third-order valence-electron chi connectivity index (χ3n) is 6.83. The molecule has 2 saturated carbocycles. The monoisotopic (exact) mass is 547 g/mol. The number of sulfone groups is 1. The normalized spacial score (nSPS) is 25.7. The van der Waals surface area contributed by atoms with Gasteiger partial charge in [0.25, 0.3) is 5.91 Å². The number of aliphatic hydroxyl groups is 2. The van der Waals surface area contributed by atoms with Crippen LogP contribution in [0.25, 0.3) is 0 Å². The number of hydrogen-bond donors (Lipinski definition) is 3. The zero-order chi connectivity index (χ0) is 26.3. The second-order valence-electron chi connectivity index (χ2n) is 9.37. The second kappa shape index (κ2) is 10.3. The van der Waals surface area contributed by atoms with E-state index >= 15 is 0 Å². The molecule has 0 aliphatic heterocycles. The van der Waals surface area contributed by atoms with Crippen molar-refractivity contribution in [2.45, 2.75) is 41.4 Å². The number of hydrogen-bond acceptors (Lipinski definition) is 6. The quantitative estimate of drug-likeness (QED) is 0.343. The van der Waals surface area contributed by atoms with Crippen molar-refractivity contribution in [2.75, 3.05) is 25.1 Å². The molecule has 2 fully saturated rings. The minimum absolute atomic E-state index is 0.00564. The van der Waals surface area contributed by atoms with Gasteiger partial charge in [-0.05, 0) is 55.7 Å². The van der Waals surface area contributed by atoms with E-state index < -0.39 is 44.0 Å². The predicted octanol–water partition coefficient (Wildman–Crippen LogP) is 3.71. The van der Waals surface area contributed by atoms with E-state index in [-0.39, 0.29) is 65.7 Å². The number of ether oxygens (including phenoxy) is 1. The largest absolute Gasteiger partial charge is 0.394 e. The Labute approximate surface area is 211 Å². The van der Waals surface area contributed by atoms with E-state index in [0.29, 0.717) is 25.0 Å². The molecule has 2 unspecified atom stereocenters. The topological polar surface area (TPSA) is 113 Å². The summed E-state index contributed by atoms with van der Waals surface area (Å²) in [5.74, 6) is -6.22. The van der Waals surface area contributed by atoms with Crippen molar-refractivity contribution in [3.63, 3.8) is 0 Å². The molecule has 0 spiro atoms. The Kier molecular flexibility index (Phi) is 7.68. The van der Waals surface area contributed by atoms with Crippen LogP contribution in [0.5, 0.6) is 0 Å². The van der Waals surface area contributed by atoms with Crippen molar-refractivity contribution in [1.29, 1.82) is 0 Å². The molecule has 2 aromatic carbocycles. The number of benzene rings is 2. The zero-order valence-corrected chi connectivity index (χ0v) is 20.6. The maximum atomic E-state index is 13.7. The van der Waals surface area contributed by atoms with E-state index in [4.69, 9.17) is 21.4 Å². The Bertz CT molecular complexity index is 1240. The van der Waals surface area contributed by atoms with Gasteiger partial charge in [0.15, 0.2) is 27.3 Å². The highest BCUT2D eigenvalue weighted by Crippen LogP contribution is 2.51. The smallest absolute Gasteiger partial charge is 0.255 e. The molecule has 7 nitrogen and oxygen atoms in total. The number of amides is 1. The number of carbonyl (C=O) groups excluding carboxylic acids is 1. The van der Waals surface area contributed by atoms with Crippen molar-refractivity contribution < 1.29 is 41.3 Å². The van der Waals surface area contributed by atoms with Gasteiger partial charge in [0.2, 0.25) is 0 Å². The number of fused-ring (bicyclic) bond motifs is 2. The fourth-order valence-electron chi connectivity index (χ4n) is 5.43. The molecule has 2 bridgehead atoms. The molecule has 2 aliphatic carbocycles. The maximum absolute atomic E-state index is 13.7. The lowest BCUT2D eigenvalue weighted by Gasteiger charge is -2.40. The summed E-state index contributed by atoms with van der Waals surface area (Å²) in [6.07, 6.45) is 1.60. The van der Waals surface area contributed by atoms with E-state index in [2.05, 4.69) is 5.32 Å². The van der Waals surface area contributed by atoms with Crippen LogP contribution in [0.15, 0.2) is 35.2 Å². The summed E-state index contributed by atoms with van der Waals surface area (Å²) in [7, 11) is -4.03. The molecule has 3 N–H and O–H groups in total. The number of rotatable bonds is 8. The van der Waals surface area contributed by atoms with E-state index in [1.807, 2.05) is 0 Å². The SMILES string of the molecule is O=C(Nc1cc(F)c(F)c(F)c1)c1ccc(Cl)c(S(=O)(=O)[C@H]2C3CCC2C[C@](O)(COCCO)C3)c1. The van der Waals surface area contributed by atoms with Crippen LogP contribution in [-0.4, -0.2) is 55.2 Å². The molecule has 2 aliphatic rings. The zero-order valence-electron chi connectivity index (χ0n) is 19.0. The Morgan fingerprint density at radius 2 is 1.72 bits per heavy atom. The molecule has 2 atom stereocenters. The van der Waals surface area contributed by atoms with Crippen LogP contribution in [0.3, 0.4) is 0 Å². The molecule has 196 valence electrons. The predicted molar refractivity (Wildman–Crippen MR) is 125 cm³/mol. The number of anilines is 1. The van der Waals surface area contributed by atoms with E-state index in [1.165, 1.54) is 12.1 Å². The van der Waals surface area contributed by atoms with Crippen LogP contribution in [0.4, 0.5) is 18.9 Å². The highest BCUT2D eigenvalue weighted by atomic mass is 35.5. The summed E-state index contributed by atoms with van der Waals surface area (Å²) in [6, 6.07) is 4.83. The molecule has 12 heteroatoms. The maximum Gasteiger partial charge on any atom is 0.255 e. The molecule has 4 rings (SSSR count). The standard InChI is InChI=1S/C24H25ClF3NO6S/c25-17-4-3-13(23(31)29-16-8-18(26)21(28)19(27)9-16)7-20(17)36(33,34)22-14-1-2-15(22)11-24(32,10-14)12-35-6-5-30/h3-4,7-9,14-15,22,30,32H,1-2,5-6,10-12H2,(H,29,31)/t14?,15?,22-,24-. The van der Waals surface area contributed by atoms with Crippen LogP contribution in [0, 0.1) is 29.3 Å². The van der Waals surface area contributed by atoms with E-state index in [0.717, 1.165) is 6.07 Å². The van der Waals surface area contributed by atoms with Crippen LogP contribution >= 0.6 is 11.6 Å². The Balaban J connectivity index is 1.57. The van der Waals surface area contributed by atoms with Gasteiger partial charge in [0, 0.05) is 23.4 Å². The number of nitrogens with one attached hydrogen (secondary N) is 1. The average Bonchev–Trinajstić information content (AvgIpc) is 3.11.